The molecule has 17 nitrogen and oxygen atoms in total. The molecule has 42 heavy (non-hydrogen) atoms. The summed E-state index contributed by atoms with van der Waals surface area (Å²) in [4.78, 5) is 33.8. The third kappa shape index (κ3) is 7.09. The lowest BCUT2D eigenvalue weighted by Gasteiger charge is -2.14. The Hall–Kier alpha value is -5.24. The van der Waals surface area contributed by atoms with Crippen LogP contribution in [0.3, 0.4) is 0 Å². The van der Waals surface area contributed by atoms with Crippen molar-refractivity contribution < 1.29 is 40.1 Å². The number of hydrogen-bond acceptors (Lipinski definition) is 12. The molecule has 2 amide bonds. The van der Waals surface area contributed by atoms with Crippen molar-refractivity contribution in [2.45, 2.75) is 16.7 Å². The van der Waals surface area contributed by atoms with E-state index in [9.17, 15) is 35.5 Å². The highest BCUT2D eigenvalue weighted by Crippen LogP contribution is 2.32. The molecule has 0 saturated carbocycles. The van der Waals surface area contributed by atoms with Gasteiger partial charge in [-0.15, -0.1) is 4.98 Å². The number of anilines is 6. The van der Waals surface area contributed by atoms with Gasteiger partial charge in [-0.25, -0.2) is 4.57 Å². The fourth-order valence-electron chi connectivity index (χ4n) is 3.61. The first kappa shape index (κ1) is 29.7. The van der Waals surface area contributed by atoms with E-state index in [4.69, 9.17) is 11.5 Å². The Morgan fingerprint density at radius 1 is 0.857 bits per heavy atom. The van der Waals surface area contributed by atoms with Crippen molar-refractivity contribution in [3.05, 3.63) is 66.5 Å². The van der Waals surface area contributed by atoms with E-state index in [0.29, 0.717) is 0 Å². The minimum absolute atomic E-state index is 0.00117. The van der Waals surface area contributed by atoms with Crippen LogP contribution in [0.5, 0.6) is 0 Å². The average Bonchev–Trinajstić information content (AvgIpc) is 2.88. The summed E-state index contributed by atoms with van der Waals surface area (Å²) in [5.41, 5.74) is 11.0. The van der Waals surface area contributed by atoms with Crippen LogP contribution >= 0.6 is 0 Å². The Balaban J connectivity index is 1.69. The molecule has 0 aliphatic carbocycles. The van der Waals surface area contributed by atoms with Crippen LogP contribution in [0.4, 0.5) is 34.6 Å². The third-order valence-electron chi connectivity index (χ3n) is 5.32. The van der Waals surface area contributed by atoms with E-state index < -0.39 is 41.8 Å². The molecule has 218 valence electrons. The van der Waals surface area contributed by atoms with Crippen molar-refractivity contribution in [3.63, 3.8) is 0 Å². The van der Waals surface area contributed by atoms with Crippen molar-refractivity contribution in [1.82, 2.24) is 15.0 Å². The lowest BCUT2D eigenvalue weighted by Crippen LogP contribution is -2.35. The summed E-state index contributed by atoms with van der Waals surface area (Å²) in [5, 5.41) is 7.67. The Kier molecular flexibility index (Phi) is 8.02. The van der Waals surface area contributed by atoms with Gasteiger partial charge in [0.2, 0.25) is 5.91 Å². The second-order valence-electron chi connectivity index (χ2n) is 8.48. The molecule has 9 N–H and O–H groups in total. The predicted octanol–water partition coefficient (Wildman–Crippen LogP) is 0.768. The summed E-state index contributed by atoms with van der Waals surface area (Å²) < 4.78 is 69.0. The quantitative estimate of drug-likeness (QED) is 0.101. The SMILES string of the molecule is CC(=O)Nc1ccc(Nc2ccc(Nc3nc(N)nc(-[n+]4cccc(C(N)=O)c4)n3)cc2S(=O)(=O)O)cc1S(=O)(=O)O. The van der Waals surface area contributed by atoms with Gasteiger partial charge in [0.1, 0.15) is 9.79 Å². The molecule has 0 bridgehead atoms. The van der Waals surface area contributed by atoms with E-state index in [2.05, 4.69) is 30.9 Å². The summed E-state index contributed by atoms with van der Waals surface area (Å²) in [6, 6.07) is 10.1. The number of aromatic nitrogens is 4. The van der Waals surface area contributed by atoms with E-state index in [1.807, 2.05) is 0 Å². The molecule has 4 aromatic rings. The smallest absolute Gasteiger partial charge is 0.366 e. The summed E-state index contributed by atoms with van der Waals surface area (Å²) in [5.74, 6) is -1.62. The number of amides is 2. The Bertz CT molecular complexity index is 1950. The van der Waals surface area contributed by atoms with Gasteiger partial charge in [-0.05, 0) is 58.5 Å². The van der Waals surface area contributed by atoms with Gasteiger partial charge in [0.25, 0.3) is 26.1 Å². The second kappa shape index (κ2) is 11.3. The van der Waals surface area contributed by atoms with Gasteiger partial charge >= 0.3 is 17.8 Å². The third-order valence-corrected chi connectivity index (χ3v) is 7.11. The van der Waals surface area contributed by atoms with Crippen LogP contribution < -0.4 is 32.0 Å². The van der Waals surface area contributed by atoms with Crippen molar-refractivity contribution in [2.75, 3.05) is 21.7 Å². The Labute approximate surface area is 238 Å². The summed E-state index contributed by atoms with van der Waals surface area (Å²) >= 11 is 0. The lowest BCUT2D eigenvalue weighted by atomic mass is 10.2. The van der Waals surface area contributed by atoms with Crippen LogP contribution in [0.25, 0.3) is 5.95 Å². The lowest BCUT2D eigenvalue weighted by molar-refractivity contribution is -0.603. The first-order chi connectivity index (χ1) is 19.6. The number of nitrogens with one attached hydrogen (secondary N) is 3. The van der Waals surface area contributed by atoms with Gasteiger partial charge in [-0.1, -0.05) is 0 Å². The zero-order chi connectivity index (χ0) is 30.8. The molecule has 0 radical (unpaired) electrons. The summed E-state index contributed by atoms with van der Waals surface area (Å²) in [6.45, 7) is 1.14. The van der Waals surface area contributed by atoms with Crippen molar-refractivity contribution in [3.8, 4) is 5.95 Å². The van der Waals surface area contributed by atoms with E-state index in [-0.39, 0.29) is 46.2 Å². The molecule has 0 spiro atoms. The zero-order valence-corrected chi connectivity index (χ0v) is 23.0. The van der Waals surface area contributed by atoms with Gasteiger partial charge in [0.05, 0.1) is 29.3 Å². The van der Waals surface area contributed by atoms with Gasteiger partial charge in [-0.2, -0.15) is 16.8 Å². The number of rotatable bonds is 9. The molecular weight excluding hydrogens is 594 g/mol. The minimum atomic E-state index is -4.86. The van der Waals surface area contributed by atoms with Crippen LogP contribution in [0.15, 0.2) is 70.7 Å². The minimum Gasteiger partial charge on any atom is -0.366 e. The summed E-state index contributed by atoms with van der Waals surface area (Å²) in [6.07, 6.45) is 2.89. The largest absolute Gasteiger partial charge is 0.444 e. The Morgan fingerprint density at radius 2 is 1.45 bits per heavy atom. The molecule has 4 rings (SSSR count). The number of hydrogen-bond donors (Lipinski definition) is 7. The van der Waals surface area contributed by atoms with E-state index in [1.54, 1.807) is 0 Å². The molecule has 0 atom stereocenters. The predicted molar refractivity (Wildman–Crippen MR) is 148 cm³/mol. The average molecular weight is 617 g/mol. The molecule has 0 unspecified atom stereocenters. The first-order valence-corrected chi connectivity index (χ1v) is 14.4. The molecule has 2 aromatic heterocycles. The molecule has 19 heteroatoms. The fraction of sp³-hybridized carbons (Fsp3) is 0.0435. The second-order valence-corrected chi connectivity index (χ2v) is 11.3. The number of benzene rings is 2. The number of carbonyl (C=O) groups is 2. The number of nitrogens with two attached hydrogens (primary N) is 2. The van der Waals surface area contributed by atoms with E-state index in [0.717, 1.165) is 19.1 Å². The highest BCUT2D eigenvalue weighted by Gasteiger charge is 2.22. The highest BCUT2D eigenvalue weighted by atomic mass is 32.2. The van der Waals surface area contributed by atoms with E-state index in [1.165, 1.54) is 53.4 Å². The molecule has 0 aliphatic heterocycles. The summed E-state index contributed by atoms with van der Waals surface area (Å²) in [7, 11) is -9.65. The molecular formula is C23H22N9O8S2+. The van der Waals surface area contributed by atoms with Crippen molar-refractivity contribution in [2.24, 2.45) is 5.73 Å². The van der Waals surface area contributed by atoms with Crippen molar-refractivity contribution in [1.29, 1.82) is 0 Å². The standard InChI is InChI=1S/C23H21N9O8S2/c1-12(33)26-16-6-4-14(9-18(16)41(35,36)37)27-17-7-5-15(10-19(17)42(38,39)40)28-22-29-21(25)30-23(31-22)32-8-2-3-13(11-32)20(24)34/h2-11,27H,1H3,(H7-,24,25,26,28,29,30,31,33,34,35,36,37,38,39,40)/p+1. The topological polar surface area (TPSA) is 274 Å². The number of primary amides is 1. The molecule has 0 fully saturated rings. The molecule has 0 saturated heterocycles. The van der Waals surface area contributed by atoms with Crippen LogP contribution in [0.2, 0.25) is 0 Å². The van der Waals surface area contributed by atoms with Gasteiger partial charge in [0.15, 0.2) is 0 Å². The number of carbonyl (C=O) groups excluding carboxylic acids is 2. The highest BCUT2D eigenvalue weighted by molar-refractivity contribution is 7.86. The van der Waals surface area contributed by atoms with Gasteiger partial charge in [-0.3, -0.25) is 18.7 Å². The van der Waals surface area contributed by atoms with Crippen LogP contribution in [-0.4, -0.2) is 52.7 Å². The van der Waals surface area contributed by atoms with Crippen LogP contribution in [0.1, 0.15) is 17.3 Å². The van der Waals surface area contributed by atoms with Gasteiger partial charge in [0, 0.05) is 18.3 Å². The molecule has 2 aromatic carbocycles. The fourth-order valence-corrected chi connectivity index (χ4v) is 4.95. The maximum atomic E-state index is 12.2. The normalized spacial score (nSPS) is 11.5. The maximum Gasteiger partial charge on any atom is 0.444 e. The van der Waals surface area contributed by atoms with Gasteiger partial charge < -0.3 is 27.4 Å². The number of nitrogen functional groups attached to an aromatic ring is 1. The monoisotopic (exact) mass is 616 g/mol. The Morgan fingerprint density at radius 3 is 2.05 bits per heavy atom. The molecule has 0 aliphatic rings. The van der Waals surface area contributed by atoms with E-state index >= 15 is 0 Å². The van der Waals surface area contributed by atoms with Crippen molar-refractivity contribution >= 4 is 66.7 Å². The zero-order valence-electron chi connectivity index (χ0n) is 21.4. The van der Waals surface area contributed by atoms with Crippen LogP contribution in [0, 0.1) is 0 Å². The number of pyridine rings is 1. The maximum absolute atomic E-state index is 12.2. The first-order valence-electron chi connectivity index (χ1n) is 11.5. The number of nitrogens with zero attached hydrogens (tertiary/aromatic N) is 4. The van der Waals surface area contributed by atoms with Crippen LogP contribution in [-0.2, 0) is 25.0 Å². The molecule has 2 heterocycles.